The van der Waals surface area contributed by atoms with E-state index in [1.165, 1.54) is 70.8 Å². The Bertz CT molecular complexity index is 155. The highest BCUT2D eigenvalue weighted by molar-refractivity contribution is 4.68. The van der Waals surface area contributed by atoms with Crippen molar-refractivity contribution in [2.24, 2.45) is 0 Å². The minimum Gasteiger partial charge on any atom is -0.377 e. The number of nitrogens with one attached hydrogen (secondary N) is 1. The Morgan fingerprint density at radius 1 is 1.00 bits per heavy atom. The molecule has 102 valence electrons. The molecule has 1 saturated heterocycles. The molecule has 0 saturated carbocycles. The van der Waals surface area contributed by atoms with E-state index in [9.17, 15) is 0 Å². The SMILES string of the molecule is CCCCCCCCCCOC1CCCNC1. The van der Waals surface area contributed by atoms with Gasteiger partial charge in [-0.3, -0.25) is 0 Å². The van der Waals surface area contributed by atoms with Crippen LogP contribution >= 0.6 is 0 Å². The summed E-state index contributed by atoms with van der Waals surface area (Å²) in [5.41, 5.74) is 0. The number of hydrogen-bond acceptors (Lipinski definition) is 2. The smallest absolute Gasteiger partial charge is 0.0699 e. The molecule has 1 heterocycles. The van der Waals surface area contributed by atoms with Crippen LogP contribution in [0.15, 0.2) is 0 Å². The highest BCUT2D eigenvalue weighted by atomic mass is 16.5. The average molecular weight is 241 g/mol. The van der Waals surface area contributed by atoms with Crippen molar-refractivity contribution in [1.29, 1.82) is 0 Å². The second-order valence-electron chi connectivity index (χ2n) is 5.31. The largest absolute Gasteiger partial charge is 0.377 e. The van der Waals surface area contributed by atoms with Crippen LogP contribution in [-0.2, 0) is 4.74 Å². The lowest BCUT2D eigenvalue weighted by atomic mass is 10.1. The molecule has 0 spiro atoms. The molecule has 1 N–H and O–H groups in total. The lowest BCUT2D eigenvalue weighted by molar-refractivity contribution is 0.0347. The van der Waals surface area contributed by atoms with Crippen LogP contribution < -0.4 is 5.32 Å². The molecular weight excluding hydrogens is 210 g/mol. The van der Waals surface area contributed by atoms with Crippen molar-refractivity contribution in [1.82, 2.24) is 5.32 Å². The molecule has 2 nitrogen and oxygen atoms in total. The van der Waals surface area contributed by atoms with Crippen molar-refractivity contribution in [3.05, 3.63) is 0 Å². The molecule has 1 unspecified atom stereocenters. The summed E-state index contributed by atoms with van der Waals surface area (Å²) >= 11 is 0. The van der Waals surface area contributed by atoms with Gasteiger partial charge in [-0.25, -0.2) is 0 Å². The van der Waals surface area contributed by atoms with Gasteiger partial charge >= 0.3 is 0 Å². The van der Waals surface area contributed by atoms with Gasteiger partial charge in [0, 0.05) is 13.2 Å². The van der Waals surface area contributed by atoms with Crippen LogP contribution in [-0.4, -0.2) is 25.8 Å². The molecule has 2 heteroatoms. The maximum absolute atomic E-state index is 5.87. The lowest BCUT2D eigenvalue weighted by Crippen LogP contribution is -2.35. The summed E-state index contributed by atoms with van der Waals surface area (Å²) in [6, 6.07) is 0. The minimum atomic E-state index is 0.494. The van der Waals surface area contributed by atoms with Crippen molar-refractivity contribution >= 4 is 0 Å². The molecular formula is C15H31NO. The summed E-state index contributed by atoms with van der Waals surface area (Å²) in [4.78, 5) is 0. The van der Waals surface area contributed by atoms with Gasteiger partial charge in [0.25, 0.3) is 0 Å². The zero-order chi connectivity index (χ0) is 12.2. The van der Waals surface area contributed by atoms with Gasteiger partial charge < -0.3 is 10.1 Å². The van der Waals surface area contributed by atoms with E-state index in [2.05, 4.69) is 12.2 Å². The molecule has 1 rings (SSSR count). The van der Waals surface area contributed by atoms with Gasteiger partial charge in [-0.1, -0.05) is 51.9 Å². The second kappa shape index (κ2) is 11.0. The summed E-state index contributed by atoms with van der Waals surface area (Å²) < 4.78 is 5.87. The number of rotatable bonds is 10. The highest BCUT2D eigenvalue weighted by Gasteiger charge is 2.12. The Kier molecular flexibility index (Phi) is 9.72. The fraction of sp³-hybridized carbons (Fsp3) is 1.00. The van der Waals surface area contributed by atoms with E-state index in [-0.39, 0.29) is 0 Å². The highest BCUT2D eigenvalue weighted by Crippen LogP contribution is 2.10. The molecule has 0 aromatic heterocycles. The number of piperidine rings is 1. The molecule has 0 amide bonds. The van der Waals surface area contributed by atoms with Gasteiger partial charge in [-0.2, -0.15) is 0 Å². The Hall–Kier alpha value is -0.0800. The van der Waals surface area contributed by atoms with Crippen LogP contribution in [0, 0.1) is 0 Å². The molecule has 0 aromatic carbocycles. The van der Waals surface area contributed by atoms with Crippen molar-refractivity contribution < 1.29 is 4.74 Å². The van der Waals surface area contributed by atoms with Crippen LogP contribution in [0.5, 0.6) is 0 Å². The zero-order valence-corrected chi connectivity index (χ0v) is 11.7. The van der Waals surface area contributed by atoms with Gasteiger partial charge in [0.15, 0.2) is 0 Å². The summed E-state index contributed by atoms with van der Waals surface area (Å²) in [6.07, 6.45) is 14.1. The summed E-state index contributed by atoms with van der Waals surface area (Å²) in [7, 11) is 0. The first kappa shape index (κ1) is 15.0. The monoisotopic (exact) mass is 241 g/mol. The fourth-order valence-corrected chi connectivity index (χ4v) is 2.45. The third-order valence-electron chi connectivity index (χ3n) is 3.60. The normalized spacial score (nSPS) is 20.6. The van der Waals surface area contributed by atoms with Gasteiger partial charge in [0.1, 0.15) is 0 Å². The van der Waals surface area contributed by atoms with E-state index in [1.807, 2.05) is 0 Å². The molecule has 1 aliphatic rings. The molecule has 1 fully saturated rings. The topological polar surface area (TPSA) is 21.3 Å². The first-order chi connectivity index (χ1) is 8.43. The Morgan fingerprint density at radius 2 is 1.71 bits per heavy atom. The predicted molar refractivity (Wildman–Crippen MR) is 74.5 cm³/mol. The van der Waals surface area contributed by atoms with E-state index in [0.717, 1.165) is 13.2 Å². The Morgan fingerprint density at radius 3 is 2.35 bits per heavy atom. The number of unbranched alkanes of at least 4 members (excludes halogenated alkanes) is 7. The van der Waals surface area contributed by atoms with Crippen molar-refractivity contribution in [3.8, 4) is 0 Å². The van der Waals surface area contributed by atoms with Gasteiger partial charge in [0.2, 0.25) is 0 Å². The molecule has 1 atom stereocenters. The molecule has 17 heavy (non-hydrogen) atoms. The molecule has 0 bridgehead atoms. The second-order valence-corrected chi connectivity index (χ2v) is 5.31. The maximum Gasteiger partial charge on any atom is 0.0699 e. The van der Waals surface area contributed by atoms with Gasteiger partial charge in [0.05, 0.1) is 6.10 Å². The first-order valence-corrected chi connectivity index (χ1v) is 7.76. The molecule has 0 aromatic rings. The van der Waals surface area contributed by atoms with Crippen LogP contribution in [0.1, 0.15) is 71.1 Å². The first-order valence-electron chi connectivity index (χ1n) is 7.76. The zero-order valence-electron chi connectivity index (χ0n) is 11.7. The third kappa shape index (κ3) is 8.62. The van der Waals surface area contributed by atoms with E-state index >= 15 is 0 Å². The lowest BCUT2D eigenvalue weighted by Gasteiger charge is -2.22. The average Bonchev–Trinajstić information content (AvgIpc) is 2.38. The Balaban J connectivity index is 1.75. The Labute approximate surface area is 108 Å². The van der Waals surface area contributed by atoms with Crippen molar-refractivity contribution in [2.45, 2.75) is 77.2 Å². The third-order valence-corrected chi connectivity index (χ3v) is 3.60. The van der Waals surface area contributed by atoms with E-state index in [1.54, 1.807) is 0 Å². The maximum atomic E-state index is 5.87. The standard InChI is InChI=1S/C15H31NO/c1-2-3-4-5-6-7-8-9-13-17-15-11-10-12-16-14-15/h15-16H,2-14H2,1H3. The number of hydrogen-bond donors (Lipinski definition) is 1. The van der Waals surface area contributed by atoms with Crippen LogP contribution in [0.2, 0.25) is 0 Å². The molecule has 1 aliphatic heterocycles. The summed E-state index contributed by atoms with van der Waals surface area (Å²) in [5, 5.41) is 3.39. The van der Waals surface area contributed by atoms with Crippen molar-refractivity contribution in [3.63, 3.8) is 0 Å². The van der Waals surface area contributed by atoms with Crippen LogP contribution in [0.4, 0.5) is 0 Å². The summed E-state index contributed by atoms with van der Waals surface area (Å²) in [6.45, 7) is 5.49. The minimum absolute atomic E-state index is 0.494. The van der Waals surface area contributed by atoms with Crippen LogP contribution in [0.25, 0.3) is 0 Å². The van der Waals surface area contributed by atoms with Crippen LogP contribution in [0.3, 0.4) is 0 Å². The number of ether oxygens (including phenoxy) is 1. The van der Waals surface area contributed by atoms with Gasteiger partial charge in [-0.15, -0.1) is 0 Å². The van der Waals surface area contributed by atoms with E-state index < -0.39 is 0 Å². The fourth-order valence-electron chi connectivity index (χ4n) is 2.45. The predicted octanol–water partition coefficient (Wildman–Crippen LogP) is 3.90. The quantitative estimate of drug-likeness (QED) is 0.586. The molecule has 0 aliphatic carbocycles. The summed E-state index contributed by atoms with van der Waals surface area (Å²) in [5.74, 6) is 0. The van der Waals surface area contributed by atoms with E-state index in [0.29, 0.717) is 6.10 Å². The van der Waals surface area contributed by atoms with Crippen molar-refractivity contribution in [2.75, 3.05) is 19.7 Å². The van der Waals surface area contributed by atoms with E-state index in [4.69, 9.17) is 4.74 Å². The van der Waals surface area contributed by atoms with Gasteiger partial charge in [-0.05, 0) is 25.8 Å². The molecule has 0 radical (unpaired) electrons.